The molecule has 1 aromatic carbocycles. The van der Waals surface area contributed by atoms with E-state index in [0.29, 0.717) is 0 Å². The molecule has 0 bridgehead atoms. The zero-order valence-electron chi connectivity index (χ0n) is 6.06. The van der Waals surface area contributed by atoms with Gasteiger partial charge in [-0.3, -0.25) is 0 Å². The highest BCUT2D eigenvalue weighted by atomic mass is 79.9. The summed E-state index contributed by atoms with van der Waals surface area (Å²) in [6.45, 7) is 2.05. The molecule has 0 atom stereocenters. The third-order valence-corrected chi connectivity index (χ3v) is 2.39. The monoisotopic (exact) mass is 210 g/mol. The molecule has 0 aliphatic rings. The van der Waals surface area contributed by atoms with Gasteiger partial charge in [-0.2, -0.15) is 0 Å². The summed E-state index contributed by atoms with van der Waals surface area (Å²) in [5, 5.41) is 0. The van der Waals surface area contributed by atoms with Crippen molar-refractivity contribution in [3.8, 4) is 0 Å². The number of aromatic amines is 1. The van der Waals surface area contributed by atoms with Crippen LogP contribution in [0.3, 0.4) is 0 Å². The van der Waals surface area contributed by atoms with E-state index in [0.717, 1.165) is 15.5 Å². The molecule has 0 saturated heterocycles. The molecule has 0 amide bonds. The molecule has 0 spiro atoms. The first-order valence-corrected chi connectivity index (χ1v) is 4.16. The molecule has 2 nitrogen and oxygen atoms in total. The quantitative estimate of drug-likeness (QED) is 0.712. The fraction of sp³-hybridized carbons (Fsp3) is 0.125. The van der Waals surface area contributed by atoms with Gasteiger partial charge in [0.25, 0.3) is 0 Å². The smallest absolute Gasteiger partial charge is 0.0932 e. The van der Waals surface area contributed by atoms with E-state index in [2.05, 4.69) is 32.8 Å². The van der Waals surface area contributed by atoms with Crippen molar-refractivity contribution < 1.29 is 0 Å². The summed E-state index contributed by atoms with van der Waals surface area (Å²) in [7, 11) is 0. The minimum atomic E-state index is 1.04. The maximum absolute atomic E-state index is 4.19. The third-order valence-electron chi connectivity index (χ3n) is 1.73. The molecular weight excluding hydrogens is 204 g/mol. The number of H-pyrrole nitrogens is 1. The van der Waals surface area contributed by atoms with Gasteiger partial charge in [-0.1, -0.05) is 6.07 Å². The topological polar surface area (TPSA) is 28.7 Å². The summed E-state index contributed by atoms with van der Waals surface area (Å²) in [4.78, 5) is 7.26. The number of rotatable bonds is 0. The van der Waals surface area contributed by atoms with Gasteiger partial charge in [-0.05, 0) is 34.5 Å². The van der Waals surface area contributed by atoms with Crippen LogP contribution in [0.15, 0.2) is 22.9 Å². The zero-order chi connectivity index (χ0) is 7.84. The molecule has 0 unspecified atom stereocenters. The maximum Gasteiger partial charge on any atom is 0.0932 e. The van der Waals surface area contributed by atoms with E-state index in [-0.39, 0.29) is 0 Å². The van der Waals surface area contributed by atoms with Crippen LogP contribution in [0, 0.1) is 6.92 Å². The van der Waals surface area contributed by atoms with Crippen LogP contribution in [-0.4, -0.2) is 9.97 Å². The average molecular weight is 211 g/mol. The largest absolute Gasteiger partial charge is 0.344 e. The highest BCUT2D eigenvalue weighted by molar-refractivity contribution is 9.10. The molecule has 0 aliphatic carbocycles. The molecule has 0 fully saturated rings. The number of aryl methyl sites for hydroxylation is 1. The zero-order valence-corrected chi connectivity index (χ0v) is 7.64. The molecule has 0 radical (unpaired) electrons. The Morgan fingerprint density at radius 2 is 2.27 bits per heavy atom. The second-order valence-electron chi connectivity index (χ2n) is 2.49. The maximum atomic E-state index is 4.19. The van der Waals surface area contributed by atoms with Crippen molar-refractivity contribution in [2.45, 2.75) is 6.92 Å². The van der Waals surface area contributed by atoms with E-state index < -0.39 is 0 Å². The summed E-state index contributed by atoms with van der Waals surface area (Å²) in [5.74, 6) is 0. The summed E-state index contributed by atoms with van der Waals surface area (Å²) in [6, 6.07) is 4.07. The number of fused-ring (bicyclic) bond motifs is 1. The molecule has 1 aromatic heterocycles. The lowest BCUT2D eigenvalue weighted by molar-refractivity contribution is 1.34. The number of nitrogens with one attached hydrogen (secondary N) is 1. The summed E-state index contributed by atoms with van der Waals surface area (Å²) in [5.41, 5.74) is 3.31. The van der Waals surface area contributed by atoms with Gasteiger partial charge >= 0.3 is 0 Å². The molecule has 0 aliphatic heterocycles. The van der Waals surface area contributed by atoms with Crippen LogP contribution < -0.4 is 0 Å². The number of nitrogens with zero attached hydrogens (tertiary/aromatic N) is 1. The van der Waals surface area contributed by atoms with Crippen molar-refractivity contribution in [2.24, 2.45) is 0 Å². The van der Waals surface area contributed by atoms with Crippen molar-refractivity contribution >= 4 is 27.0 Å². The Morgan fingerprint density at radius 1 is 1.45 bits per heavy atom. The standard InChI is InChI=1S/C8H7BrN2/c1-5-2-3-6(9)8-7(5)10-4-11-8/h2-4H,1H3,(H,10,11). The number of benzene rings is 1. The highest BCUT2D eigenvalue weighted by Crippen LogP contribution is 2.22. The molecule has 11 heavy (non-hydrogen) atoms. The molecule has 2 aromatic rings. The average Bonchev–Trinajstić information content (AvgIpc) is 2.45. The number of hydrogen-bond donors (Lipinski definition) is 1. The first-order chi connectivity index (χ1) is 5.29. The highest BCUT2D eigenvalue weighted by Gasteiger charge is 2.01. The summed E-state index contributed by atoms with van der Waals surface area (Å²) < 4.78 is 1.07. The van der Waals surface area contributed by atoms with Gasteiger partial charge in [0.15, 0.2) is 0 Å². The van der Waals surface area contributed by atoms with Crippen LogP contribution in [0.1, 0.15) is 5.56 Å². The Labute approximate surface area is 72.8 Å². The Morgan fingerprint density at radius 3 is 3.00 bits per heavy atom. The Kier molecular flexibility index (Phi) is 1.46. The van der Waals surface area contributed by atoms with Crippen LogP contribution in [0.25, 0.3) is 11.0 Å². The van der Waals surface area contributed by atoms with E-state index in [1.54, 1.807) is 6.33 Å². The molecular formula is C8H7BrN2. The lowest BCUT2D eigenvalue weighted by Gasteiger charge is -1.95. The second-order valence-corrected chi connectivity index (χ2v) is 3.34. The van der Waals surface area contributed by atoms with E-state index in [4.69, 9.17) is 0 Å². The number of hydrogen-bond acceptors (Lipinski definition) is 1. The minimum absolute atomic E-state index is 1.04. The SMILES string of the molecule is Cc1ccc(Br)c2[nH]cnc12. The normalized spacial score (nSPS) is 10.7. The van der Waals surface area contributed by atoms with Crippen molar-refractivity contribution in [1.29, 1.82) is 0 Å². The van der Waals surface area contributed by atoms with Crippen molar-refractivity contribution in [3.63, 3.8) is 0 Å². The van der Waals surface area contributed by atoms with Crippen molar-refractivity contribution in [3.05, 3.63) is 28.5 Å². The van der Waals surface area contributed by atoms with Crippen LogP contribution in [0.2, 0.25) is 0 Å². The number of halogens is 1. The van der Waals surface area contributed by atoms with Gasteiger partial charge in [0, 0.05) is 4.47 Å². The van der Waals surface area contributed by atoms with Gasteiger partial charge in [0.1, 0.15) is 0 Å². The fourth-order valence-corrected chi connectivity index (χ4v) is 1.57. The van der Waals surface area contributed by atoms with Gasteiger partial charge in [0.05, 0.1) is 17.4 Å². The lowest BCUT2D eigenvalue weighted by Crippen LogP contribution is -1.76. The first kappa shape index (κ1) is 6.85. The predicted molar refractivity (Wildman–Crippen MR) is 48.5 cm³/mol. The van der Waals surface area contributed by atoms with Gasteiger partial charge in [0.2, 0.25) is 0 Å². The number of aromatic nitrogens is 2. The number of imidazole rings is 1. The molecule has 1 heterocycles. The minimum Gasteiger partial charge on any atom is -0.344 e. The Bertz CT molecular complexity index is 356. The molecule has 1 N–H and O–H groups in total. The third kappa shape index (κ3) is 0.959. The lowest BCUT2D eigenvalue weighted by atomic mass is 10.2. The van der Waals surface area contributed by atoms with E-state index in [1.807, 2.05) is 12.1 Å². The van der Waals surface area contributed by atoms with E-state index >= 15 is 0 Å². The summed E-state index contributed by atoms with van der Waals surface area (Å²) >= 11 is 3.44. The van der Waals surface area contributed by atoms with E-state index in [9.17, 15) is 0 Å². The predicted octanol–water partition coefficient (Wildman–Crippen LogP) is 2.63. The fourth-order valence-electron chi connectivity index (χ4n) is 1.14. The molecule has 0 saturated carbocycles. The van der Waals surface area contributed by atoms with Crippen LogP contribution in [0.5, 0.6) is 0 Å². The van der Waals surface area contributed by atoms with Gasteiger partial charge in [-0.25, -0.2) is 4.98 Å². The second kappa shape index (κ2) is 2.34. The van der Waals surface area contributed by atoms with Crippen LogP contribution in [0.4, 0.5) is 0 Å². The van der Waals surface area contributed by atoms with Gasteiger partial charge in [-0.15, -0.1) is 0 Å². The summed E-state index contributed by atoms with van der Waals surface area (Å²) in [6.07, 6.45) is 1.71. The van der Waals surface area contributed by atoms with Crippen molar-refractivity contribution in [2.75, 3.05) is 0 Å². The molecule has 2 rings (SSSR count). The van der Waals surface area contributed by atoms with Crippen LogP contribution in [-0.2, 0) is 0 Å². The van der Waals surface area contributed by atoms with Crippen molar-refractivity contribution in [1.82, 2.24) is 9.97 Å². The first-order valence-electron chi connectivity index (χ1n) is 3.37. The molecule has 56 valence electrons. The van der Waals surface area contributed by atoms with Crippen LogP contribution >= 0.6 is 15.9 Å². The molecule has 3 heteroatoms. The Hall–Kier alpha value is -0.830. The van der Waals surface area contributed by atoms with E-state index in [1.165, 1.54) is 5.56 Å². The Balaban J connectivity index is 2.96. The van der Waals surface area contributed by atoms with Gasteiger partial charge < -0.3 is 4.98 Å².